The first-order valence-corrected chi connectivity index (χ1v) is 7.45. The SMILES string of the molecule is CC(N)CCCNC(=O)CCCc1cnc2[nH]ncc2c1. The molecule has 2 rings (SSSR count). The molecule has 21 heavy (non-hydrogen) atoms. The van der Waals surface area contributed by atoms with E-state index in [0.717, 1.165) is 42.3 Å². The molecule has 2 aromatic heterocycles. The highest BCUT2D eigenvalue weighted by molar-refractivity contribution is 5.76. The maximum Gasteiger partial charge on any atom is 0.220 e. The van der Waals surface area contributed by atoms with Gasteiger partial charge in [0.25, 0.3) is 0 Å². The highest BCUT2D eigenvalue weighted by Crippen LogP contribution is 2.11. The predicted molar refractivity (Wildman–Crippen MR) is 82.7 cm³/mol. The van der Waals surface area contributed by atoms with Crippen molar-refractivity contribution in [2.45, 2.75) is 45.1 Å². The third kappa shape index (κ3) is 5.15. The van der Waals surface area contributed by atoms with Gasteiger partial charge in [-0.2, -0.15) is 5.10 Å². The lowest BCUT2D eigenvalue weighted by Crippen LogP contribution is -2.25. The number of nitrogens with one attached hydrogen (secondary N) is 2. The van der Waals surface area contributed by atoms with Gasteiger partial charge in [0.05, 0.1) is 6.20 Å². The monoisotopic (exact) mass is 289 g/mol. The van der Waals surface area contributed by atoms with Crippen molar-refractivity contribution in [3.8, 4) is 0 Å². The van der Waals surface area contributed by atoms with Gasteiger partial charge in [-0.25, -0.2) is 4.98 Å². The highest BCUT2D eigenvalue weighted by atomic mass is 16.1. The number of rotatable bonds is 8. The number of aromatic nitrogens is 3. The largest absolute Gasteiger partial charge is 0.356 e. The molecular formula is C15H23N5O. The van der Waals surface area contributed by atoms with Gasteiger partial charge < -0.3 is 11.1 Å². The number of nitrogens with two attached hydrogens (primary N) is 1. The van der Waals surface area contributed by atoms with E-state index in [2.05, 4.69) is 26.6 Å². The summed E-state index contributed by atoms with van der Waals surface area (Å²) in [5.41, 5.74) is 7.59. The Bertz CT molecular complexity index is 578. The molecule has 6 nitrogen and oxygen atoms in total. The summed E-state index contributed by atoms with van der Waals surface area (Å²) in [6, 6.07) is 2.26. The van der Waals surface area contributed by atoms with Crippen LogP contribution in [0.15, 0.2) is 18.5 Å². The number of pyridine rings is 1. The molecule has 4 N–H and O–H groups in total. The van der Waals surface area contributed by atoms with Gasteiger partial charge in [0, 0.05) is 30.6 Å². The standard InChI is InChI=1S/C15H23N5O/c1-11(16)4-3-7-17-14(21)6-2-5-12-8-13-10-19-20-15(13)18-9-12/h8-11H,2-7,16H2,1H3,(H,17,21)(H,18,19,20). The fourth-order valence-electron chi connectivity index (χ4n) is 2.21. The Morgan fingerprint density at radius 3 is 3.10 bits per heavy atom. The van der Waals surface area contributed by atoms with E-state index < -0.39 is 0 Å². The van der Waals surface area contributed by atoms with Crippen LogP contribution < -0.4 is 11.1 Å². The van der Waals surface area contributed by atoms with Crippen molar-refractivity contribution in [3.05, 3.63) is 24.0 Å². The maximum atomic E-state index is 11.7. The van der Waals surface area contributed by atoms with Gasteiger partial charge in [0.15, 0.2) is 5.65 Å². The molecule has 0 saturated heterocycles. The third-order valence-electron chi connectivity index (χ3n) is 3.38. The number of aromatic amines is 1. The van der Waals surface area contributed by atoms with Gasteiger partial charge in [-0.05, 0) is 44.2 Å². The van der Waals surface area contributed by atoms with Gasteiger partial charge in [-0.15, -0.1) is 0 Å². The van der Waals surface area contributed by atoms with Crippen molar-refractivity contribution < 1.29 is 4.79 Å². The smallest absolute Gasteiger partial charge is 0.220 e. The minimum absolute atomic E-state index is 0.108. The van der Waals surface area contributed by atoms with E-state index in [0.29, 0.717) is 13.0 Å². The number of carbonyl (C=O) groups excluding carboxylic acids is 1. The molecule has 0 aliphatic heterocycles. The molecule has 0 saturated carbocycles. The van der Waals surface area contributed by atoms with Gasteiger partial charge in [0.2, 0.25) is 5.91 Å². The number of aryl methyl sites for hydroxylation is 1. The second-order valence-corrected chi connectivity index (χ2v) is 5.47. The molecule has 1 atom stereocenters. The minimum atomic E-state index is 0.108. The van der Waals surface area contributed by atoms with Crippen LogP contribution >= 0.6 is 0 Å². The summed E-state index contributed by atoms with van der Waals surface area (Å²) in [5.74, 6) is 0.108. The fraction of sp³-hybridized carbons (Fsp3) is 0.533. The Hall–Kier alpha value is -1.95. The van der Waals surface area contributed by atoms with Crippen molar-refractivity contribution in [3.63, 3.8) is 0 Å². The van der Waals surface area contributed by atoms with Crippen molar-refractivity contribution in [1.82, 2.24) is 20.5 Å². The first-order chi connectivity index (χ1) is 10.1. The van der Waals surface area contributed by atoms with Crippen LogP contribution in [0.2, 0.25) is 0 Å². The van der Waals surface area contributed by atoms with Crippen LogP contribution in [-0.2, 0) is 11.2 Å². The van der Waals surface area contributed by atoms with Gasteiger partial charge in [0.1, 0.15) is 0 Å². The topological polar surface area (TPSA) is 96.7 Å². The van der Waals surface area contributed by atoms with Gasteiger partial charge in [-0.1, -0.05) is 0 Å². The summed E-state index contributed by atoms with van der Waals surface area (Å²) in [4.78, 5) is 16.0. The van der Waals surface area contributed by atoms with E-state index in [1.165, 1.54) is 0 Å². The third-order valence-corrected chi connectivity index (χ3v) is 3.38. The maximum absolute atomic E-state index is 11.7. The van der Waals surface area contributed by atoms with Crippen LogP contribution in [0.5, 0.6) is 0 Å². The molecule has 0 spiro atoms. The number of amides is 1. The molecule has 0 radical (unpaired) electrons. The molecule has 2 heterocycles. The first kappa shape index (κ1) is 15.4. The summed E-state index contributed by atoms with van der Waals surface area (Å²) in [6.45, 7) is 2.69. The van der Waals surface area contributed by atoms with Crippen molar-refractivity contribution in [2.24, 2.45) is 5.73 Å². The predicted octanol–water partition coefficient (Wildman–Crippen LogP) is 1.52. The fourth-order valence-corrected chi connectivity index (χ4v) is 2.21. The summed E-state index contributed by atoms with van der Waals surface area (Å²) in [7, 11) is 0. The highest BCUT2D eigenvalue weighted by Gasteiger charge is 2.03. The molecule has 114 valence electrons. The molecule has 0 aliphatic rings. The van der Waals surface area contributed by atoms with E-state index >= 15 is 0 Å². The summed E-state index contributed by atoms with van der Waals surface area (Å²) in [6.07, 6.45) is 7.69. The molecule has 6 heteroatoms. The summed E-state index contributed by atoms with van der Waals surface area (Å²) >= 11 is 0. The van der Waals surface area contributed by atoms with Crippen LogP contribution in [-0.4, -0.2) is 33.7 Å². The summed E-state index contributed by atoms with van der Waals surface area (Å²) in [5, 5.41) is 10.7. The van der Waals surface area contributed by atoms with E-state index in [-0.39, 0.29) is 11.9 Å². The Morgan fingerprint density at radius 2 is 2.29 bits per heavy atom. The van der Waals surface area contributed by atoms with E-state index in [1.54, 1.807) is 6.20 Å². The number of hydrogen-bond acceptors (Lipinski definition) is 4. The second-order valence-electron chi connectivity index (χ2n) is 5.47. The molecule has 0 fully saturated rings. The lowest BCUT2D eigenvalue weighted by Gasteiger charge is -2.07. The normalized spacial score (nSPS) is 12.5. The number of carbonyl (C=O) groups is 1. The second kappa shape index (κ2) is 7.73. The Morgan fingerprint density at radius 1 is 1.43 bits per heavy atom. The Kier molecular flexibility index (Phi) is 5.68. The van der Waals surface area contributed by atoms with E-state index in [1.807, 2.05) is 13.1 Å². The summed E-state index contributed by atoms with van der Waals surface area (Å²) < 4.78 is 0. The van der Waals surface area contributed by atoms with Crippen LogP contribution in [0.25, 0.3) is 11.0 Å². The zero-order valence-corrected chi connectivity index (χ0v) is 12.4. The number of nitrogens with zero attached hydrogens (tertiary/aromatic N) is 2. The van der Waals surface area contributed by atoms with Crippen LogP contribution in [0.3, 0.4) is 0 Å². The van der Waals surface area contributed by atoms with Crippen molar-refractivity contribution in [1.29, 1.82) is 0 Å². The Balaban J connectivity index is 1.65. The molecule has 2 aromatic rings. The number of hydrogen-bond donors (Lipinski definition) is 3. The van der Waals surface area contributed by atoms with E-state index in [9.17, 15) is 4.79 Å². The van der Waals surface area contributed by atoms with Crippen molar-refractivity contribution >= 4 is 16.9 Å². The van der Waals surface area contributed by atoms with Gasteiger partial charge >= 0.3 is 0 Å². The molecule has 0 aromatic carbocycles. The minimum Gasteiger partial charge on any atom is -0.356 e. The average Bonchev–Trinajstić information content (AvgIpc) is 2.91. The average molecular weight is 289 g/mol. The quantitative estimate of drug-likeness (QED) is 0.642. The van der Waals surface area contributed by atoms with E-state index in [4.69, 9.17) is 5.73 Å². The number of fused-ring (bicyclic) bond motifs is 1. The van der Waals surface area contributed by atoms with Crippen molar-refractivity contribution in [2.75, 3.05) is 6.54 Å². The molecular weight excluding hydrogens is 266 g/mol. The lowest BCUT2D eigenvalue weighted by atomic mass is 10.1. The molecule has 0 aliphatic carbocycles. The molecule has 1 amide bonds. The van der Waals surface area contributed by atoms with Crippen LogP contribution in [0.4, 0.5) is 0 Å². The first-order valence-electron chi connectivity index (χ1n) is 7.45. The zero-order valence-electron chi connectivity index (χ0n) is 12.4. The van der Waals surface area contributed by atoms with Crippen LogP contribution in [0.1, 0.15) is 38.2 Å². The number of H-pyrrole nitrogens is 1. The molecule has 1 unspecified atom stereocenters. The zero-order chi connectivity index (χ0) is 15.1. The molecule has 0 bridgehead atoms. The lowest BCUT2D eigenvalue weighted by molar-refractivity contribution is -0.121. The van der Waals surface area contributed by atoms with Gasteiger partial charge in [-0.3, -0.25) is 9.89 Å². The van der Waals surface area contributed by atoms with Crippen LogP contribution in [0, 0.1) is 0 Å². The Labute approximate surface area is 124 Å².